The monoisotopic (exact) mass is 379 g/mol. The van der Waals surface area contributed by atoms with E-state index in [1.54, 1.807) is 30.5 Å². The maximum atomic E-state index is 13.1. The minimum absolute atomic E-state index is 0.228. The van der Waals surface area contributed by atoms with Crippen molar-refractivity contribution in [2.24, 2.45) is 4.99 Å². The summed E-state index contributed by atoms with van der Waals surface area (Å²) in [5.41, 5.74) is 1.72. The van der Waals surface area contributed by atoms with Crippen LogP contribution in [-0.2, 0) is 6.18 Å². The number of amides is 1. The number of halogens is 3. The largest absolute Gasteiger partial charge is 0.416 e. The summed E-state index contributed by atoms with van der Waals surface area (Å²) in [5, 5.41) is 0. The molecule has 0 bridgehead atoms. The molecule has 0 N–H and O–H groups in total. The second kappa shape index (κ2) is 5.76. The standard InChI is InChI=1S/C21H12F3N3O/c22-21(23,24)13-9-7-12(8-10-13)17-16-6-3-11-25-18(16)26-19-14-4-1-2-5-15(14)20(28)27(17)19/h1-11,17H. The minimum Gasteiger partial charge on any atom is -0.280 e. The van der Waals surface area contributed by atoms with Gasteiger partial charge in [-0.05, 0) is 29.8 Å². The van der Waals surface area contributed by atoms with Gasteiger partial charge in [0, 0.05) is 17.3 Å². The fourth-order valence-electron chi connectivity index (χ4n) is 3.71. The molecule has 0 saturated carbocycles. The van der Waals surface area contributed by atoms with Crippen molar-refractivity contribution in [3.05, 3.63) is 94.7 Å². The van der Waals surface area contributed by atoms with Crippen molar-refractivity contribution in [3.63, 3.8) is 0 Å². The number of alkyl halides is 3. The van der Waals surface area contributed by atoms with Gasteiger partial charge in [-0.25, -0.2) is 9.98 Å². The lowest BCUT2D eigenvalue weighted by Gasteiger charge is -2.33. The maximum Gasteiger partial charge on any atom is 0.416 e. The maximum absolute atomic E-state index is 13.1. The van der Waals surface area contributed by atoms with Gasteiger partial charge >= 0.3 is 6.18 Å². The zero-order valence-electron chi connectivity index (χ0n) is 14.3. The predicted molar refractivity (Wildman–Crippen MR) is 96.3 cm³/mol. The summed E-state index contributed by atoms with van der Waals surface area (Å²) in [7, 11) is 0. The van der Waals surface area contributed by atoms with E-state index in [0.29, 0.717) is 33.9 Å². The SMILES string of the molecule is O=C1c2ccccc2C2=Nc3ncccc3C(c3ccc(C(F)(F)F)cc3)N12. The Morgan fingerprint density at radius 1 is 0.893 bits per heavy atom. The third kappa shape index (κ3) is 2.36. The number of carbonyl (C=O) groups is 1. The highest BCUT2D eigenvalue weighted by Gasteiger charge is 2.43. The zero-order valence-corrected chi connectivity index (χ0v) is 14.3. The highest BCUT2D eigenvalue weighted by Crippen LogP contribution is 2.43. The summed E-state index contributed by atoms with van der Waals surface area (Å²) in [4.78, 5) is 23.5. The molecule has 3 heterocycles. The Bertz CT molecular complexity index is 1140. The molecule has 138 valence electrons. The van der Waals surface area contributed by atoms with E-state index in [2.05, 4.69) is 9.98 Å². The summed E-state index contributed by atoms with van der Waals surface area (Å²) >= 11 is 0. The van der Waals surface area contributed by atoms with Crippen LogP contribution in [0, 0.1) is 0 Å². The smallest absolute Gasteiger partial charge is 0.280 e. The van der Waals surface area contributed by atoms with Crippen LogP contribution in [0.2, 0.25) is 0 Å². The Kier molecular flexibility index (Phi) is 3.43. The van der Waals surface area contributed by atoms with Gasteiger partial charge in [0.25, 0.3) is 5.91 Å². The van der Waals surface area contributed by atoms with Crippen LogP contribution in [-0.4, -0.2) is 21.6 Å². The van der Waals surface area contributed by atoms with Crippen LogP contribution in [0.3, 0.4) is 0 Å². The first-order chi connectivity index (χ1) is 13.4. The number of rotatable bonds is 1. The molecule has 2 aliphatic heterocycles. The second-order valence-corrected chi connectivity index (χ2v) is 6.59. The molecule has 1 aromatic heterocycles. The number of aliphatic imine (C=N–C) groups is 1. The number of amidine groups is 1. The molecule has 1 atom stereocenters. The molecule has 4 nitrogen and oxygen atoms in total. The Morgan fingerprint density at radius 2 is 1.61 bits per heavy atom. The lowest BCUT2D eigenvalue weighted by atomic mass is 9.95. The van der Waals surface area contributed by atoms with E-state index in [9.17, 15) is 18.0 Å². The van der Waals surface area contributed by atoms with Gasteiger partial charge in [-0.15, -0.1) is 0 Å². The normalized spacial score (nSPS) is 17.7. The van der Waals surface area contributed by atoms with Gasteiger partial charge in [-0.3, -0.25) is 9.69 Å². The Balaban J connectivity index is 1.70. The average molecular weight is 379 g/mol. The van der Waals surface area contributed by atoms with Crippen molar-refractivity contribution in [3.8, 4) is 0 Å². The molecule has 28 heavy (non-hydrogen) atoms. The van der Waals surface area contributed by atoms with Gasteiger partial charge in [0.15, 0.2) is 5.82 Å². The van der Waals surface area contributed by atoms with Crippen molar-refractivity contribution in [1.82, 2.24) is 9.88 Å². The number of pyridine rings is 1. The molecule has 7 heteroatoms. The van der Waals surface area contributed by atoms with Gasteiger partial charge in [0.2, 0.25) is 0 Å². The minimum atomic E-state index is -4.42. The highest BCUT2D eigenvalue weighted by atomic mass is 19.4. The van der Waals surface area contributed by atoms with Gasteiger partial charge < -0.3 is 0 Å². The van der Waals surface area contributed by atoms with Crippen LogP contribution in [0.1, 0.15) is 38.7 Å². The number of hydrogen-bond donors (Lipinski definition) is 0. The predicted octanol–water partition coefficient (Wildman–Crippen LogP) is 4.74. The number of hydrogen-bond acceptors (Lipinski definition) is 3. The molecule has 1 amide bonds. The van der Waals surface area contributed by atoms with Gasteiger partial charge in [-0.2, -0.15) is 13.2 Å². The zero-order chi connectivity index (χ0) is 19.5. The molecule has 1 unspecified atom stereocenters. The van der Waals surface area contributed by atoms with Crippen LogP contribution in [0.4, 0.5) is 19.0 Å². The van der Waals surface area contributed by atoms with E-state index >= 15 is 0 Å². The van der Waals surface area contributed by atoms with E-state index in [4.69, 9.17) is 0 Å². The summed E-state index contributed by atoms with van der Waals surface area (Å²) in [6, 6.07) is 14.9. The third-order valence-corrected chi connectivity index (χ3v) is 4.98. The van der Waals surface area contributed by atoms with Crippen molar-refractivity contribution >= 4 is 17.6 Å². The van der Waals surface area contributed by atoms with Gasteiger partial charge in [0.05, 0.1) is 17.2 Å². The number of nitrogens with zero attached hydrogens (tertiary/aromatic N) is 3. The first-order valence-corrected chi connectivity index (χ1v) is 8.59. The number of aromatic nitrogens is 1. The molecular formula is C21H12F3N3O. The molecule has 0 saturated heterocycles. The fourth-order valence-corrected chi connectivity index (χ4v) is 3.71. The summed E-state index contributed by atoms with van der Waals surface area (Å²) in [5.74, 6) is 0.702. The van der Waals surface area contributed by atoms with E-state index in [-0.39, 0.29) is 5.91 Å². The quantitative estimate of drug-likeness (QED) is 0.613. The van der Waals surface area contributed by atoms with Crippen LogP contribution in [0.5, 0.6) is 0 Å². The molecule has 0 radical (unpaired) electrons. The van der Waals surface area contributed by atoms with Crippen molar-refractivity contribution in [2.75, 3.05) is 0 Å². The highest BCUT2D eigenvalue weighted by molar-refractivity contribution is 6.24. The third-order valence-electron chi connectivity index (χ3n) is 4.98. The van der Waals surface area contributed by atoms with Crippen LogP contribution >= 0.6 is 0 Å². The molecule has 5 rings (SSSR count). The topological polar surface area (TPSA) is 45.6 Å². The average Bonchev–Trinajstić information content (AvgIpc) is 2.98. The molecule has 2 aliphatic rings. The lowest BCUT2D eigenvalue weighted by Crippen LogP contribution is -2.37. The van der Waals surface area contributed by atoms with Crippen molar-refractivity contribution in [2.45, 2.75) is 12.2 Å². The Hall–Kier alpha value is -3.48. The van der Waals surface area contributed by atoms with Crippen LogP contribution < -0.4 is 0 Å². The first-order valence-electron chi connectivity index (χ1n) is 8.59. The first kappa shape index (κ1) is 16.7. The van der Waals surface area contributed by atoms with E-state index in [1.807, 2.05) is 12.1 Å². The molecule has 2 aromatic carbocycles. The van der Waals surface area contributed by atoms with E-state index < -0.39 is 17.8 Å². The number of carbonyl (C=O) groups excluding carboxylic acids is 1. The van der Waals surface area contributed by atoms with Crippen LogP contribution in [0.15, 0.2) is 71.9 Å². The van der Waals surface area contributed by atoms with E-state index in [1.165, 1.54) is 17.0 Å². The van der Waals surface area contributed by atoms with Gasteiger partial charge in [-0.1, -0.05) is 36.4 Å². The molecule has 3 aromatic rings. The Labute approximate surface area is 158 Å². The Morgan fingerprint density at radius 3 is 2.32 bits per heavy atom. The molecular weight excluding hydrogens is 367 g/mol. The summed E-state index contributed by atoms with van der Waals surface area (Å²) < 4.78 is 38.9. The van der Waals surface area contributed by atoms with Gasteiger partial charge in [0.1, 0.15) is 5.84 Å². The summed E-state index contributed by atoms with van der Waals surface area (Å²) in [6.45, 7) is 0. The van der Waals surface area contributed by atoms with Crippen LogP contribution in [0.25, 0.3) is 0 Å². The number of fused-ring (bicyclic) bond motifs is 4. The molecule has 0 aliphatic carbocycles. The molecule has 0 spiro atoms. The van der Waals surface area contributed by atoms with Crippen molar-refractivity contribution in [1.29, 1.82) is 0 Å². The fraction of sp³-hybridized carbons (Fsp3) is 0.0952. The molecule has 0 fully saturated rings. The van der Waals surface area contributed by atoms with Crippen molar-refractivity contribution < 1.29 is 18.0 Å². The second-order valence-electron chi connectivity index (χ2n) is 6.59. The van der Waals surface area contributed by atoms with E-state index in [0.717, 1.165) is 12.1 Å². The summed E-state index contributed by atoms with van der Waals surface area (Å²) in [6.07, 6.45) is -2.82. The lowest BCUT2D eigenvalue weighted by molar-refractivity contribution is -0.137. The number of benzene rings is 2.